The van der Waals surface area contributed by atoms with Crippen LogP contribution in [0.3, 0.4) is 0 Å². The molecule has 3 aromatic rings. The molecular weight excluding hydrogens is 314 g/mol. The first-order valence-corrected chi connectivity index (χ1v) is 7.07. The van der Waals surface area contributed by atoms with E-state index >= 15 is 0 Å². The molecule has 0 fully saturated rings. The molecule has 2 aromatic carbocycles. The van der Waals surface area contributed by atoms with E-state index in [-0.39, 0.29) is 22.3 Å². The zero-order valence-electron chi connectivity index (χ0n) is 12.7. The number of benzene rings is 2. The summed E-state index contributed by atoms with van der Waals surface area (Å²) in [5.74, 6) is -2.15. The van der Waals surface area contributed by atoms with Crippen molar-refractivity contribution in [3.63, 3.8) is 0 Å². The molecule has 0 saturated carbocycles. The van der Waals surface area contributed by atoms with Crippen molar-refractivity contribution >= 4 is 23.0 Å². The third kappa shape index (κ3) is 2.91. The molecular formula is C17H13NO6. The number of hydrogen-bond donors (Lipinski definition) is 1. The third-order valence-electron chi connectivity index (χ3n) is 3.43. The smallest absolute Gasteiger partial charge is 0.465 e. The second-order valence-electron chi connectivity index (χ2n) is 4.93. The van der Waals surface area contributed by atoms with Gasteiger partial charge < -0.3 is 18.9 Å². The molecule has 1 N–H and O–H groups in total. The zero-order chi connectivity index (χ0) is 17.1. The lowest BCUT2D eigenvalue weighted by atomic mass is 10.1. The molecule has 0 aliphatic rings. The predicted molar refractivity (Wildman–Crippen MR) is 83.7 cm³/mol. The molecule has 24 heavy (non-hydrogen) atoms. The van der Waals surface area contributed by atoms with Crippen LogP contribution in [0.25, 0.3) is 11.2 Å². The highest BCUT2D eigenvalue weighted by Gasteiger charge is 2.22. The molecule has 0 aliphatic heterocycles. The van der Waals surface area contributed by atoms with Crippen LogP contribution in [0.5, 0.6) is 0 Å². The first kappa shape index (κ1) is 15.5. The molecule has 0 bridgehead atoms. The molecule has 0 unspecified atom stereocenters. The van der Waals surface area contributed by atoms with Crippen LogP contribution in [-0.4, -0.2) is 19.0 Å². The largest absolute Gasteiger partial charge is 0.519 e. The summed E-state index contributed by atoms with van der Waals surface area (Å²) in [5.41, 5.74) is 0.826. The van der Waals surface area contributed by atoms with Gasteiger partial charge >= 0.3 is 11.8 Å². The van der Waals surface area contributed by atoms with Crippen LogP contribution in [0.1, 0.15) is 26.3 Å². The number of ether oxygens (including phenoxy) is 1. The highest BCUT2D eigenvalue weighted by atomic mass is 16.6. The van der Waals surface area contributed by atoms with Gasteiger partial charge in [0.05, 0.1) is 12.7 Å². The Balaban J connectivity index is 1.93. The van der Waals surface area contributed by atoms with Crippen molar-refractivity contribution in [1.82, 2.24) is 5.32 Å². The van der Waals surface area contributed by atoms with Crippen LogP contribution < -0.4 is 11.1 Å². The summed E-state index contributed by atoms with van der Waals surface area (Å²) in [7, 11) is 1.20. The maximum atomic E-state index is 12.4. The van der Waals surface area contributed by atoms with Crippen LogP contribution >= 0.6 is 0 Å². The Kier molecular flexibility index (Phi) is 4.15. The van der Waals surface area contributed by atoms with Crippen LogP contribution in [0.2, 0.25) is 0 Å². The Hall–Kier alpha value is -3.35. The standard InChI is InChI=1S/C17H13NO6/c1-22-16(20)12-8-7-11(13-14(12)24-17(21)23-13)15(19)18-9-10-5-3-2-4-6-10/h2-8H,9H2,1H3,(H,18,19). The maximum Gasteiger partial charge on any atom is 0.519 e. The predicted octanol–water partition coefficient (Wildman–Crippen LogP) is 2.10. The topological polar surface area (TPSA) is 98.8 Å². The molecule has 0 radical (unpaired) electrons. The fourth-order valence-electron chi connectivity index (χ4n) is 2.28. The number of hydrogen-bond acceptors (Lipinski definition) is 6. The molecule has 7 heteroatoms. The van der Waals surface area contributed by atoms with Crippen molar-refractivity contribution in [2.24, 2.45) is 0 Å². The van der Waals surface area contributed by atoms with Gasteiger partial charge in [0.25, 0.3) is 5.91 Å². The van der Waals surface area contributed by atoms with Gasteiger partial charge in [0.1, 0.15) is 5.56 Å². The van der Waals surface area contributed by atoms with Gasteiger partial charge in [-0.3, -0.25) is 4.79 Å². The number of fused-ring (bicyclic) bond motifs is 1. The SMILES string of the molecule is COC(=O)c1ccc(C(=O)NCc2ccccc2)c2oc(=O)oc12. The fourth-order valence-corrected chi connectivity index (χ4v) is 2.28. The molecule has 1 heterocycles. The molecule has 1 amide bonds. The molecule has 0 saturated heterocycles. The summed E-state index contributed by atoms with van der Waals surface area (Å²) in [4.78, 5) is 35.5. The van der Waals surface area contributed by atoms with E-state index < -0.39 is 17.7 Å². The number of carbonyl (C=O) groups is 2. The maximum absolute atomic E-state index is 12.4. The van der Waals surface area contributed by atoms with Crippen molar-refractivity contribution in [2.45, 2.75) is 6.54 Å². The Morgan fingerprint density at radius 2 is 1.62 bits per heavy atom. The van der Waals surface area contributed by atoms with Gasteiger partial charge in [-0.05, 0) is 17.7 Å². The minimum absolute atomic E-state index is 0.0120. The monoisotopic (exact) mass is 327 g/mol. The lowest BCUT2D eigenvalue weighted by Crippen LogP contribution is -2.23. The Labute approximate surface area is 135 Å². The van der Waals surface area contributed by atoms with Crippen molar-refractivity contribution in [1.29, 1.82) is 0 Å². The molecule has 0 spiro atoms. The number of methoxy groups -OCH3 is 1. The Morgan fingerprint density at radius 1 is 1.00 bits per heavy atom. The summed E-state index contributed by atoms with van der Waals surface area (Å²) in [6, 6.07) is 12.1. The average Bonchev–Trinajstić information content (AvgIpc) is 3.00. The van der Waals surface area contributed by atoms with Gasteiger partial charge in [-0.1, -0.05) is 30.3 Å². The Morgan fingerprint density at radius 3 is 2.29 bits per heavy atom. The van der Waals surface area contributed by atoms with Gasteiger partial charge in [-0.25, -0.2) is 9.59 Å². The van der Waals surface area contributed by atoms with Crippen molar-refractivity contribution in [2.75, 3.05) is 7.11 Å². The summed E-state index contributed by atoms with van der Waals surface area (Å²) in [6.45, 7) is 0.308. The summed E-state index contributed by atoms with van der Waals surface area (Å²) in [5, 5.41) is 2.72. The van der Waals surface area contributed by atoms with E-state index in [4.69, 9.17) is 8.83 Å². The van der Waals surface area contributed by atoms with E-state index in [1.165, 1.54) is 19.2 Å². The molecule has 122 valence electrons. The molecule has 7 nitrogen and oxygen atoms in total. The van der Waals surface area contributed by atoms with E-state index in [9.17, 15) is 14.4 Å². The van der Waals surface area contributed by atoms with Gasteiger partial charge in [0.2, 0.25) is 0 Å². The second-order valence-corrected chi connectivity index (χ2v) is 4.93. The van der Waals surface area contributed by atoms with E-state index in [1.807, 2.05) is 30.3 Å². The number of esters is 1. The van der Waals surface area contributed by atoms with Crippen molar-refractivity contribution in [3.05, 3.63) is 69.8 Å². The number of amides is 1. The number of nitrogens with one attached hydrogen (secondary N) is 1. The van der Waals surface area contributed by atoms with Gasteiger partial charge in [-0.15, -0.1) is 0 Å². The zero-order valence-corrected chi connectivity index (χ0v) is 12.7. The van der Waals surface area contributed by atoms with E-state index in [0.29, 0.717) is 6.54 Å². The van der Waals surface area contributed by atoms with E-state index in [2.05, 4.69) is 10.1 Å². The molecule has 0 aliphatic carbocycles. The number of carbonyl (C=O) groups excluding carboxylic acids is 2. The highest BCUT2D eigenvalue weighted by Crippen LogP contribution is 2.23. The lowest BCUT2D eigenvalue weighted by molar-refractivity contribution is 0.0601. The van der Waals surface area contributed by atoms with Crippen molar-refractivity contribution in [3.8, 4) is 0 Å². The van der Waals surface area contributed by atoms with E-state index in [0.717, 1.165) is 5.56 Å². The molecule has 0 atom stereocenters. The van der Waals surface area contributed by atoms with Crippen molar-refractivity contribution < 1.29 is 23.2 Å². The van der Waals surface area contributed by atoms with E-state index in [1.54, 1.807) is 0 Å². The number of rotatable bonds is 4. The van der Waals surface area contributed by atoms with Gasteiger partial charge in [0.15, 0.2) is 11.2 Å². The second kappa shape index (κ2) is 6.41. The first-order chi connectivity index (χ1) is 11.6. The first-order valence-electron chi connectivity index (χ1n) is 7.07. The Bertz CT molecular complexity index is 954. The minimum atomic E-state index is -1.00. The van der Waals surface area contributed by atoms with Gasteiger partial charge in [0, 0.05) is 6.54 Å². The van der Waals surface area contributed by atoms with Crippen LogP contribution in [0, 0.1) is 0 Å². The van der Waals surface area contributed by atoms with Crippen LogP contribution in [-0.2, 0) is 11.3 Å². The fraction of sp³-hybridized carbons (Fsp3) is 0.118. The normalized spacial score (nSPS) is 10.5. The van der Waals surface area contributed by atoms with Crippen LogP contribution in [0.4, 0.5) is 0 Å². The summed E-state index contributed by atoms with van der Waals surface area (Å²) >= 11 is 0. The highest BCUT2D eigenvalue weighted by molar-refractivity contribution is 6.09. The molecule has 3 rings (SSSR count). The summed E-state index contributed by atoms with van der Waals surface area (Å²) in [6.07, 6.45) is 0. The quantitative estimate of drug-likeness (QED) is 0.737. The molecule has 1 aromatic heterocycles. The minimum Gasteiger partial charge on any atom is -0.465 e. The van der Waals surface area contributed by atoms with Gasteiger partial charge in [-0.2, -0.15) is 0 Å². The lowest BCUT2D eigenvalue weighted by Gasteiger charge is -2.06. The van der Waals surface area contributed by atoms with Crippen LogP contribution in [0.15, 0.2) is 56.1 Å². The average molecular weight is 327 g/mol. The summed E-state index contributed by atoms with van der Waals surface area (Å²) < 4.78 is 14.4. The third-order valence-corrected chi connectivity index (χ3v) is 3.43.